The zero-order valence-corrected chi connectivity index (χ0v) is 11.8. The van der Waals surface area contributed by atoms with E-state index in [9.17, 15) is 0 Å². The molecule has 0 N–H and O–H groups in total. The second-order valence-corrected chi connectivity index (χ2v) is 5.35. The molecule has 0 spiro atoms. The van der Waals surface area contributed by atoms with Crippen molar-refractivity contribution in [1.29, 1.82) is 0 Å². The Labute approximate surface area is 97.8 Å². The molecular formula is C15H32. The second kappa shape index (κ2) is 8.19. The van der Waals surface area contributed by atoms with Crippen LogP contribution in [-0.2, 0) is 0 Å². The van der Waals surface area contributed by atoms with Gasteiger partial charge in [0.15, 0.2) is 0 Å². The monoisotopic (exact) mass is 212 g/mol. The summed E-state index contributed by atoms with van der Waals surface area (Å²) < 4.78 is 0. The Balaban J connectivity index is 4.59. The Morgan fingerprint density at radius 2 is 1.20 bits per heavy atom. The van der Waals surface area contributed by atoms with Crippen molar-refractivity contribution < 1.29 is 0 Å². The van der Waals surface area contributed by atoms with E-state index in [1.54, 1.807) is 0 Å². The summed E-state index contributed by atoms with van der Waals surface area (Å²) in [7, 11) is 0. The minimum Gasteiger partial charge on any atom is -0.0654 e. The van der Waals surface area contributed by atoms with Crippen LogP contribution in [0.2, 0.25) is 0 Å². The van der Waals surface area contributed by atoms with Gasteiger partial charge >= 0.3 is 0 Å². The average Bonchev–Trinajstić information content (AvgIpc) is 2.22. The topological polar surface area (TPSA) is 0 Å². The maximum atomic E-state index is 2.42. The molecule has 0 saturated carbocycles. The standard InChI is InChI=1S/C15H32/c1-7-11-14(10-4)15(12(5)6)13(8-2)9-3/h12-15H,7-11H2,1-6H3. The molecule has 0 heteroatoms. The molecule has 0 heterocycles. The van der Waals surface area contributed by atoms with Crippen molar-refractivity contribution in [2.75, 3.05) is 0 Å². The zero-order chi connectivity index (χ0) is 11.8. The lowest BCUT2D eigenvalue weighted by atomic mass is 9.70. The first-order chi connectivity index (χ1) is 7.12. The van der Waals surface area contributed by atoms with Crippen LogP contribution in [0, 0.1) is 23.7 Å². The van der Waals surface area contributed by atoms with E-state index in [0.717, 1.165) is 23.7 Å². The minimum atomic E-state index is 0.853. The Kier molecular flexibility index (Phi) is 8.19. The molecule has 0 aliphatic rings. The van der Waals surface area contributed by atoms with Gasteiger partial charge in [-0.2, -0.15) is 0 Å². The normalized spacial score (nSPS) is 16.0. The average molecular weight is 212 g/mol. The van der Waals surface area contributed by atoms with Crippen LogP contribution in [-0.4, -0.2) is 0 Å². The van der Waals surface area contributed by atoms with E-state index < -0.39 is 0 Å². The van der Waals surface area contributed by atoms with Crippen molar-refractivity contribution in [3.05, 3.63) is 0 Å². The third-order valence-electron chi connectivity index (χ3n) is 4.09. The summed E-state index contributed by atoms with van der Waals surface area (Å²) in [6.07, 6.45) is 6.87. The molecular weight excluding hydrogens is 180 g/mol. The second-order valence-electron chi connectivity index (χ2n) is 5.35. The summed E-state index contributed by atoms with van der Waals surface area (Å²) in [5, 5.41) is 0. The van der Waals surface area contributed by atoms with Crippen molar-refractivity contribution in [3.63, 3.8) is 0 Å². The summed E-state index contributed by atoms with van der Waals surface area (Å²) in [5.74, 6) is 3.71. The van der Waals surface area contributed by atoms with Crippen molar-refractivity contribution in [3.8, 4) is 0 Å². The van der Waals surface area contributed by atoms with Crippen LogP contribution in [0.4, 0.5) is 0 Å². The van der Waals surface area contributed by atoms with Crippen LogP contribution in [0.1, 0.15) is 73.6 Å². The van der Waals surface area contributed by atoms with E-state index in [1.807, 2.05) is 0 Å². The highest BCUT2D eigenvalue weighted by Gasteiger charge is 2.28. The lowest BCUT2D eigenvalue weighted by molar-refractivity contribution is 0.141. The summed E-state index contributed by atoms with van der Waals surface area (Å²) in [4.78, 5) is 0. The van der Waals surface area contributed by atoms with Crippen LogP contribution >= 0.6 is 0 Å². The van der Waals surface area contributed by atoms with E-state index in [2.05, 4.69) is 41.5 Å². The number of rotatable bonds is 8. The van der Waals surface area contributed by atoms with Gasteiger partial charge < -0.3 is 0 Å². The molecule has 0 saturated heterocycles. The maximum Gasteiger partial charge on any atom is -0.0335 e. The molecule has 0 radical (unpaired) electrons. The lowest BCUT2D eigenvalue weighted by Gasteiger charge is -2.35. The van der Waals surface area contributed by atoms with Crippen LogP contribution in [0.15, 0.2) is 0 Å². The SMILES string of the molecule is CCCC(CC)C(C(C)C)C(CC)CC. The van der Waals surface area contributed by atoms with Crippen molar-refractivity contribution in [2.24, 2.45) is 23.7 Å². The summed E-state index contributed by atoms with van der Waals surface area (Å²) >= 11 is 0. The van der Waals surface area contributed by atoms with Gasteiger partial charge in [0.2, 0.25) is 0 Å². The summed E-state index contributed by atoms with van der Waals surface area (Å²) in [5.41, 5.74) is 0. The van der Waals surface area contributed by atoms with Gasteiger partial charge in [0.05, 0.1) is 0 Å². The molecule has 0 aromatic carbocycles. The first-order valence-electron chi connectivity index (χ1n) is 7.12. The van der Waals surface area contributed by atoms with Gasteiger partial charge in [0.25, 0.3) is 0 Å². The Morgan fingerprint density at radius 1 is 0.733 bits per heavy atom. The van der Waals surface area contributed by atoms with Gasteiger partial charge in [0, 0.05) is 0 Å². The smallest absolute Gasteiger partial charge is 0.0335 e. The van der Waals surface area contributed by atoms with Gasteiger partial charge in [-0.25, -0.2) is 0 Å². The maximum absolute atomic E-state index is 2.42. The zero-order valence-electron chi connectivity index (χ0n) is 11.8. The number of hydrogen-bond acceptors (Lipinski definition) is 0. The molecule has 92 valence electrons. The molecule has 0 aromatic heterocycles. The van der Waals surface area contributed by atoms with Crippen LogP contribution < -0.4 is 0 Å². The third kappa shape index (κ3) is 4.57. The molecule has 0 nitrogen and oxygen atoms in total. The highest BCUT2D eigenvalue weighted by atomic mass is 14.3. The van der Waals surface area contributed by atoms with Gasteiger partial charge in [-0.05, 0) is 23.7 Å². The van der Waals surface area contributed by atoms with Gasteiger partial charge in [-0.1, -0.05) is 73.6 Å². The highest BCUT2D eigenvalue weighted by molar-refractivity contribution is 4.77. The fourth-order valence-corrected chi connectivity index (χ4v) is 3.35. The molecule has 0 fully saturated rings. The molecule has 0 aliphatic heterocycles. The molecule has 0 rings (SSSR count). The van der Waals surface area contributed by atoms with Crippen LogP contribution in [0.3, 0.4) is 0 Å². The van der Waals surface area contributed by atoms with Crippen molar-refractivity contribution in [1.82, 2.24) is 0 Å². The molecule has 0 aromatic rings. The van der Waals surface area contributed by atoms with E-state index in [4.69, 9.17) is 0 Å². The predicted octanol–water partition coefficient (Wildman–Crippen LogP) is 5.52. The molecule has 2 atom stereocenters. The molecule has 0 bridgehead atoms. The summed E-state index contributed by atoms with van der Waals surface area (Å²) in [6.45, 7) is 14.3. The lowest BCUT2D eigenvalue weighted by Crippen LogP contribution is -2.27. The van der Waals surface area contributed by atoms with Gasteiger partial charge in [0.1, 0.15) is 0 Å². The van der Waals surface area contributed by atoms with E-state index in [1.165, 1.54) is 32.1 Å². The Hall–Kier alpha value is 0. The molecule has 15 heavy (non-hydrogen) atoms. The first-order valence-corrected chi connectivity index (χ1v) is 7.12. The predicted molar refractivity (Wildman–Crippen MR) is 71.1 cm³/mol. The molecule has 0 aliphatic carbocycles. The Bertz CT molecular complexity index is 133. The minimum absolute atomic E-state index is 0.853. The van der Waals surface area contributed by atoms with E-state index in [0.29, 0.717) is 0 Å². The summed E-state index contributed by atoms with van der Waals surface area (Å²) in [6, 6.07) is 0. The highest BCUT2D eigenvalue weighted by Crippen LogP contribution is 2.36. The van der Waals surface area contributed by atoms with E-state index in [-0.39, 0.29) is 0 Å². The van der Waals surface area contributed by atoms with E-state index >= 15 is 0 Å². The van der Waals surface area contributed by atoms with Crippen LogP contribution in [0.5, 0.6) is 0 Å². The van der Waals surface area contributed by atoms with Gasteiger partial charge in [-0.3, -0.25) is 0 Å². The molecule has 2 unspecified atom stereocenters. The quantitative estimate of drug-likeness (QED) is 0.497. The third-order valence-corrected chi connectivity index (χ3v) is 4.09. The van der Waals surface area contributed by atoms with Crippen LogP contribution in [0.25, 0.3) is 0 Å². The largest absolute Gasteiger partial charge is 0.0654 e. The fourth-order valence-electron chi connectivity index (χ4n) is 3.35. The number of hydrogen-bond donors (Lipinski definition) is 0. The van der Waals surface area contributed by atoms with Crippen molar-refractivity contribution in [2.45, 2.75) is 73.6 Å². The molecule has 0 amide bonds. The van der Waals surface area contributed by atoms with Gasteiger partial charge in [-0.15, -0.1) is 0 Å². The Morgan fingerprint density at radius 3 is 1.47 bits per heavy atom. The van der Waals surface area contributed by atoms with Crippen molar-refractivity contribution >= 4 is 0 Å². The first kappa shape index (κ1) is 15.0. The fraction of sp³-hybridized carbons (Fsp3) is 1.00.